The molecular formula is C18H17ClN2O5. The Kier molecular flexibility index (Phi) is 6.92. The number of methoxy groups -OCH3 is 1. The van der Waals surface area contributed by atoms with Crippen molar-refractivity contribution in [1.29, 1.82) is 5.26 Å². The number of nitrogens with zero attached hydrogens (tertiary/aromatic N) is 2. The molecule has 2 N–H and O–H groups in total. The Hall–Kier alpha value is -2.66. The lowest BCUT2D eigenvalue weighted by atomic mass is 10.1. The summed E-state index contributed by atoms with van der Waals surface area (Å²) in [7, 11) is 1.33. The van der Waals surface area contributed by atoms with E-state index >= 15 is 0 Å². The van der Waals surface area contributed by atoms with Crippen LogP contribution >= 0.6 is 11.6 Å². The van der Waals surface area contributed by atoms with Crippen molar-refractivity contribution in [3.05, 3.63) is 57.9 Å². The van der Waals surface area contributed by atoms with Gasteiger partial charge in [0, 0.05) is 36.5 Å². The minimum absolute atomic E-state index is 0.0839. The van der Waals surface area contributed by atoms with Crippen molar-refractivity contribution in [2.24, 2.45) is 0 Å². The van der Waals surface area contributed by atoms with Gasteiger partial charge in [-0.15, -0.1) is 0 Å². The number of ether oxygens (including phenoxy) is 2. The van der Waals surface area contributed by atoms with E-state index in [2.05, 4.69) is 4.98 Å². The molecule has 1 heterocycles. The summed E-state index contributed by atoms with van der Waals surface area (Å²) in [5.74, 6) is -0.629. The molecule has 0 bridgehead atoms. The van der Waals surface area contributed by atoms with E-state index < -0.39 is 12.3 Å². The van der Waals surface area contributed by atoms with E-state index in [1.165, 1.54) is 19.4 Å². The summed E-state index contributed by atoms with van der Waals surface area (Å²) in [5, 5.41) is 28.1. The lowest BCUT2D eigenvalue weighted by molar-refractivity contribution is -0.136. The number of carboxylic acid groups (broad SMARTS) is 1. The van der Waals surface area contributed by atoms with Crippen LogP contribution in [-0.4, -0.2) is 28.3 Å². The first-order valence-corrected chi connectivity index (χ1v) is 8.04. The van der Waals surface area contributed by atoms with Crippen molar-refractivity contribution >= 4 is 17.6 Å². The van der Waals surface area contributed by atoms with Crippen LogP contribution in [0, 0.1) is 11.3 Å². The van der Waals surface area contributed by atoms with Gasteiger partial charge in [0.1, 0.15) is 18.4 Å². The highest BCUT2D eigenvalue weighted by Gasteiger charge is 2.17. The first kappa shape index (κ1) is 19.7. The first-order valence-electron chi connectivity index (χ1n) is 7.66. The second kappa shape index (κ2) is 9.15. The molecule has 0 aliphatic carbocycles. The molecule has 2 rings (SSSR count). The molecule has 0 radical (unpaired) electrons. The fraction of sp³-hybridized carbons (Fsp3) is 0.278. The van der Waals surface area contributed by atoms with E-state index in [4.69, 9.17) is 31.4 Å². The number of benzene rings is 1. The Balaban J connectivity index is 2.28. The Bertz CT molecular complexity index is 835. The number of aryl methyl sites for hydroxylation is 1. The van der Waals surface area contributed by atoms with E-state index in [-0.39, 0.29) is 19.4 Å². The zero-order valence-corrected chi connectivity index (χ0v) is 14.7. The number of rotatable bonds is 8. The molecule has 0 saturated heterocycles. The van der Waals surface area contributed by atoms with Crippen molar-refractivity contribution in [2.45, 2.75) is 25.7 Å². The molecule has 2 aromatic rings. The van der Waals surface area contributed by atoms with Crippen LogP contribution in [0.3, 0.4) is 0 Å². The monoisotopic (exact) mass is 376 g/mol. The molecular weight excluding hydrogens is 360 g/mol. The summed E-state index contributed by atoms with van der Waals surface area (Å²) in [4.78, 5) is 14.8. The molecule has 1 atom stereocenters. The SMILES string of the molecule is COC(O)c1cc(Cl)c(CCC(=O)O)cc1OCc1cncc(C#N)c1. The predicted octanol–water partition coefficient (Wildman–Crippen LogP) is 2.84. The molecule has 0 aliphatic rings. The average molecular weight is 377 g/mol. The van der Waals surface area contributed by atoms with Crippen LogP contribution in [0.4, 0.5) is 0 Å². The molecule has 0 spiro atoms. The maximum Gasteiger partial charge on any atom is 0.303 e. The molecule has 26 heavy (non-hydrogen) atoms. The Morgan fingerprint density at radius 2 is 2.15 bits per heavy atom. The van der Waals surface area contributed by atoms with Crippen LogP contribution < -0.4 is 4.74 Å². The van der Waals surface area contributed by atoms with E-state index in [9.17, 15) is 9.90 Å². The zero-order valence-electron chi connectivity index (χ0n) is 14.0. The Morgan fingerprint density at radius 3 is 2.81 bits per heavy atom. The highest BCUT2D eigenvalue weighted by molar-refractivity contribution is 6.31. The molecule has 0 aliphatic heterocycles. The molecule has 1 aromatic carbocycles. The van der Waals surface area contributed by atoms with Gasteiger partial charge in [0.15, 0.2) is 6.29 Å². The first-order chi connectivity index (χ1) is 12.4. The van der Waals surface area contributed by atoms with Crippen molar-refractivity contribution in [3.63, 3.8) is 0 Å². The number of aliphatic hydroxyl groups excluding tert-OH is 1. The molecule has 7 nitrogen and oxygen atoms in total. The third kappa shape index (κ3) is 5.17. The summed E-state index contributed by atoms with van der Waals surface area (Å²) in [6.45, 7) is 0.103. The van der Waals surface area contributed by atoms with Crippen LogP contribution in [0.1, 0.15) is 35.0 Å². The smallest absolute Gasteiger partial charge is 0.303 e. The maximum absolute atomic E-state index is 10.8. The number of aliphatic hydroxyl groups is 1. The van der Waals surface area contributed by atoms with E-state index in [1.54, 1.807) is 18.3 Å². The summed E-state index contributed by atoms with van der Waals surface area (Å²) in [5.41, 5.74) is 1.98. The summed E-state index contributed by atoms with van der Waals surface area (Å²) >= 11 is 6.18. The van der Waals surface area contributed by atoms with Gasteiger partial charge in [-0.1, -0.05) is 11.6 Å². The maximum atomic E-state index is 10.8. The van der Waals surface area contributed by atoms with Gasteiger partial charge in [0.05, 0.1) is 11.1 Å². The summed E-state index contributed by atoms with van der Waals surface area (Å²) in [6, 6.07) is 6.72. The molecule has 136 valence electrons. The number of hydrogen-bond donors (Lipinski definition) is 2. The number of aliphatic carboxylic acids is 1. The van der Waals surface area contributed by atoms with Gasteiger partial charge < -0.3 is 19.7 Å². The molecule has 0 amide bonds. The van der Waals surface area contributed by atoms with E-state index in [0.29, 0.717) is 33.0 Å². The number of carbonyl (C=O) groups is 1. The topological polar surface area (TPSA) is 113 Å². The minimum atomic E-state index is -1.25. The largest absolute Gasteiger partial charge is 0.488 e. The zero-order chi connectivity index (χ0) is 19.1. The molecule has 1 unspecified atom stereocenters. The number of halogens is 1. The molecule has 8 heteroatoms. The highest BCUT2D eigenvalue weighted by Crippen LogP contribution is 2.33. The van der Waals surface area contributed by atoms with Crippen LogP contribution in [0.25, 0.3) is 0 Å². The van der Waals surface area contributed by atoms with Gasteiger partial charge in [-0.2, -0.15) is 5.26 Å². The highest BCUT2D eigenvalue weighted by atomic mass is 35.5. The number of pyridine rings is 1. The molecule has 1 aromatic heterocycles. The van der Waals surface area contributed by atoms with Gasteiger partial charge in [-0.05, 0) is 30.2 Å². The molecule has 0 fully saturated rings. The van der Waals surface area contributed by atoms with Crippen LogP contribution in [-0.2, 0) is 22.6 Å². The standard InChI is InChI=1S/C18H17ClN2O5/c1-25-18(24)14-6-15(19)13(2-3-17(22)23)5-16(14)26-10-12-4-11(7-20)8-21-9-12/h4-6,8-9,18,24H,2-3,10H2,1H3,(H,22,23). The van der Waals surface area contributed by atoms with Crippen LogP contribution in [0.15, 0.2) is 30.6 Å². The van der Waals surface area contributed by atoms with Crippen LogP contribution in [0.2, 0.25) is 5.02 Å². The molecule has 0 saturated carbocycles. The van der Waals surface area contributed by atoms with Crippen molar-refractivity contribution in [2.75, 3.05) is 7.11 Å². The second-order valence-corrected chi connectivity index (χ2v) is 5.85. The predicted molar refractivity (Wildman–Crippen MR) is 92.7 cm³/mol. The van der Waals surface area contributed by atoms with Crippen molar-refractivity contribution in [1.82, 2.24) is 4.98 Å². The lowest BCUT2D eigenvalue weighted by Gasteiger charge is -2.17. The minimum Gasteiger partial charge on any atom is -0.488 e. The van der Waals surface area contributed by atoms with Crippen molar-refractivity contribution in [3.8, 4) is 11.8 Å². The average Bonchev–Trinajstić information content (AvgIpc) is 2.65. The summed E-state index contributed by atoms with van der Waals surface area (Å²) in [6.07, 6.45) is 1.89. The van der Waals surface area contributed by atoms with Gasteiger partial charge in [-0.25, -0.2) is 0 Å². The Morgan fingerprint density at radius 1 is 1.38 bits per heavy atom. The third-order valence-electron chi connectivity index (χ3n) is 3.59. The lowest BCUT2D eigenvalue weighted by Crippen LogP contribution is -2.07. The fourth-order valence-electron chi connectivity index (χ4n) is 2.28. The van der Waals surface area contributed by atoms with Gasteiger partial charge in [-0.3, -0.25) is 9.78 Å². The normalized spacial score (nSPS) is 11.6. The summed E-state index contributed by atoms with van der Waals surface area (Å²) < 4.78 is 10.7. The third-order valence-corrected chi connectivity index (χ3v) is 3.95. The number of hydrogen-bond acceptors (Lipinski definition) is 6. The Labute approximate surface area is 155 Å². The second-order valence-electron chi connectivity index (χ2n) is 5.45. The van der Waals surface area contributed by atoms with E-state index in [1.807, 2.05) is 6.07 Å². The van der Waals surface area contributed by atoms with E-state index in [0.717, 1.165) is 0 Å². The van der Waals surface area contributed by atoms with Gasteiger partial charge >= 0.3 is 5.97 Å². The van der Waals surface area contributed by atoms with Crippen LogP contribution in [0.5, 0.6) is 5.75 Å². The number of nitriles is 1. The number of carboxylic acids is 1. The number of aromatic nitrogens is 1. The van der Waals surface area contributed by atoms with Gasteiger partial charge in [0.2, 0.25) is 0 Å². The van der Waals surface area contributed by atoms with Gasteiger partial charge in [0.25, 0.3) is 0 Å². The fourth-order valence-corrected chi connectivity index (χ4v) is 2.54. The van der Waals surface area contributed by atoms with Crippen molar-refractivity contribution < 1.29 is 24.5 Å². The quantitative estimate of drug-likeness (QED) is 0.681.